The summed E-state index contributed by atoms with van der Waals surface area (Å²) in [6.45, 7) is 7.99. The molecule has 1 rings (SSSR count). The van der Waals surface area contributed by atoms with Gasteiger partial charge in [-0.3, -0.25) is 0 Å². The van der Waals surface area contributed by atoms with E-state index in [2.05, 4.69) is 10.6 Å². The van der Waals surface area contributed by atoms with Crippen molar-refractivity contribution in [2.45, 2.75) is 33.3 Å². The zero-order valence-electron chi connectivity index (χ0n) is 12.8. The number of carboxylic acids is 1. The molecule has 6 heteroatoms. The number of carbonyl (C=O) groups is 2. The van der Waals surface area contributed by atoms with E-state index in [1.807, 2.05) is 0 Å². The van der Waals surface area contributed by atoms with E-state index in [-0.39, 0.29) is 5.56 Å². The maximum Gasteiger partial charge on any atom is 0.407 e. The van der Waals surface area contributed by atoms with Crippen LogP contribution < -0.4 is 10.6 Å². The summed E-state index contributed by atoms with van der Waals surface area (Å²) in [5.41, 5.74) is 1.15. The minimum Gasteiger partial charge on any atom is -0.478 e. The number of aromatic carboxylic acids is 1. The molecule has 0 spiro atoms. The van der Waals surface area contributed by atoms with Gasteiger partial charge in [0.15, 0.2) is 0 Å². The Hall–Kier alpha value is -2.24. The summed E-state index contributed by atoms with van der Waals surface area (Å²) in [5.74, 6) is -0.956. The topological polar surface area (TPSA) is 87.7 Å². The Morgan fingerprint density at radius 2 is 1.90 bits per heavy atom. The van der Waals surface area contributed by atoms with E-state index in [4.69, 9.17) is 9.84 Å². The molecule has 0 aromatic heterocycles. The normalized spacial score (nSPS) is 10.9. The third kappa shape index (κ3) is 5.72. The molecule has 0 bridgehead atoms. The zero-order chi connectivity index (χ0) is 16.0. The summed E-state index contributed by atoms with van der Waals surface area (Å²) >= 11 is 0. The lowest BCUT2D eigenvalue weighted by molar-refractivity contribution is 0.0529. The van der Waals surface area contributed by atoms with Crippen LogP contribution in [0.3, 0.4) is 0 Å². The van der Waals surface area contributed by atoms with Crippen LogP contribution in [0.25, 0.3) is 0 Å². The molecule has 0 saturated heterocycles. The van der Waals surface area contributed by atoms with Gasteiger partial charge in [-0.1, -0.05) is 6.07 Å². The minimum atomic E-state index is -0.956. The SMILES string of the molecule is Cc1c(NCCNC(=O)OC(C)(C)C)cccc1C(=O)O. The minimum absolute atomic E-state index is 0.264. The van der Waals surface area contributed by atoms with Crippen LogP contribution in [-0.2, 0) is 4.74 Å². The Labute approximate surface area is 124 Å². The largest absolute Gasteiger partial charge is 0.478 e. The van der Waals surface area contributed by atoms with Gasteiger partial charge in [-0.15, -0.1) is 0 Å². The molecule has 1 aromatic carbocycles. The van der Waals surface area contributed by atoms with Gasteiger partial charge in [-0.05, 0) is 45.4 Å². The average Bonchev–Trinajstić information content (AvgIpc) is 2.33. The highest BCUT2D eigenvalue weighted by molar-refractivity contribution is 5.91. The lowest BCUT2D eigenvalue weighted by Crippen LogP contribution is -2.35. The van der Waals surface area contributed by atoms with Crippen LogP contribution in [0.2, 0.25) is 0 Å². The first-order valence-corrected chi connectivity index (χ1v) is 6.74. The first-order chi connectivity index (χ1) is 9.70. The predicted octanol–water partition coefficient (Wildman–Crippen LogP) is 2.63. The van der Waals surface area contributed by atoms with Gasteiger partial charge in [-0.2, -0.15) is 0 Å². The number of ether oxygens (including phenoxy) is 1. The van der Waals surface area contributed by atoms with Crippen LogP contribution >= 0.6 is 0 Å². The molecule has 21 heavy (non-hydrogen) atoms. The van der Waals surface area contributed by atoms with Crippen molar-refractivity contribution in [3.05, 3.63) is 29.3 Å². The molecule has 0 radical (unpaired) electrons. The van der Waals surface area contributed by atoms with Crippen molar-refractivity contribution >= 4 is 17.7 Å². The Morgan fingerprint density at radius 1 is 1.24 bits per heavy atom. The second-order valence-corrected chi connectivity index (χ2v) is 5.64. The molecular weight excluding hydrogens is 272 g/mol. The summed E-state index contributed by atoms with van der Waals surface area (Å²) in [4.78, 5) is 22.5. The molecule has 0 heterocycles. The van der Waals surface area contributed by atoms with E-state index < -0.39 is 17.7 Å². The maximum absolute atomic E-state index is 11.4. The molecule has 0 unspecified atom stereocenters. The van der Waals surface area contributed by atoms with Crippen LogP contribution in [-0.4, -0.2) is 35.9 Å². The standard InChI is InChI=1S/C15H22N2O4/c1-10-11(13(18)19)6-5-7-12(10)16-8-9-17-14(20)21-15(2,3)4/h5-7,16H,8-9H2,1-4H3,(H,17,20)(H,18,19). The van der Waals surface area contributed by atoms with Gasteiger partial charge in [0, 0.05) is 18.8 Å². The van der Waals surface area contributed by atoms with Crippen molar-refractivity contribution in [3.63, 3.8) is 0 Å². The quantitative estimate of drug-likeness (QED) is 0.727. The van der Waals surface area contributed by atoms with Crippen LogP contribution in [0.4, 0.5) is 10.5 Å². The fourth-order valence-corrected chi connectivity index (χ4v) is 1.73. The van der Waals surface area contributed by atoms with Gasteiger partial charge in [0.1, 0.15) is 5.60 Å². The van der Waals surface area contributed by atoms with E-state index >= 15 is 0 Å². The van der Waals surface area contributed by atoms with Crippen LogP contribution in [0.1, 0.15) is 36.7 Å². The first kappa shape index (κ1) is 16.8. The summed E-state index contributed by atoms with van der Waals surface area (Å²) in [5, 5.41) is 14.8. The molecule has 1 amide bonds. The zero-order valence-corrected chi connectivity index (χ0v) is 12.8. The molecule has 116 valence electrons. The molecule has 0 atom stereocenters. The van der Waals surface area contributed by atoms with Crippen molar-refractivity contribution in [1.82, 2.24) is 5.32 Å². The van der Waals surface area contributed by atoms with Crippen molar-refractivity contribution in [3.8, 4) is 0 Å². The molecule has 0 saturated carbocycles. The number of hydrogen-bond donors (Lipinski definition) is 3. The Balaban J connectivity index is 2.45. The highest BCUT2D eigenvalue weighted by atomic mass is 16.6. The molecular formula is C15H22N2O4. The van der Waals surface area contributed by atoms with Crippen molar-refractivity contribution < 1.29 is 19.4 Å². The van der Waals surface area contributed by atoms with E-state index in [9.17, 15) is 9.59 Å². The Kier molecular flexibility index (Phi) is 5.58. The number of anilines is 1. The molecule has 1 aromatic rings. The van der Waals surface area contributed by atoms with Gasteiger partial charge < -0.3 is 20.5 Å². The number of hydrogen-bond acceptors (Lipinski definition) is 4. The molecule has 0 aliphatic heterocycles. The average molecular weight is 294 g/mol. The van der Waals surface area contributed by atoms with Crippen molar-refractivity contribution in [2.24, 2.45) is 0 Å². The number of amides is 1. The summed E-state index contributed by atoms with van der Waals surface area (Å²) in [7, 11) is 0. The molecule has 0 fully saturated rings. The maximum atomic E-state index is 11.4. The van der Waals surface area contributed by atoms with E-state index in [1.165, 1.54) is 0 Å². The van der Waals surface area contributed by atoms with Crippen molar-refractivity contribution in [2.75, 3.05) is 18.4 Å². The molecule has 3 N–H and O–H groups in total. The second-order valence-electron chi connectivity index (χ2n) is 5.64. The third-order valence-electron chi connectivity index (χ3n) is 2.67. The lowest BCUT2D eigenvalue weighted by atomic mass is 10.1. The van der Waals surface area contributed by atoms with Crippen LogP contribution in [0, 0.1) is 6.92 Å². The summed E-state index contributed by atoms with van der Waals surface area (Å²) in [6, 6.07) is 5.04. The Bertz CT molecular complexity index is 521. The van der Waals surface area contributed by atoms with Crippen LogP contribution in [0.15, 0.2) is 18.2 Å². The Morgan fingerprint density at radius 3 is 2.48 bits per heavy atom. The number of carboxylic acid groups (broad SMARTS) is 1. The van der Waals surface area contributed by atoms with Gasteiger partial charge in [-0.25, -0.2) is 9.59 Å². The first-order valence-electron chi connectivity index (χ1n) is 6.74. The second kappa shape index (κ2) is 6.97. The van der Waals surface area contributed by atoms with Gasteiger partial charge in [0.25, 0.3) is 0 Å². The highest BCUT2D eigenvalue weighted by Gasteiger charge is 2.15. The lowest BCUT2D eigenvalue weighted by Gasteiger charge is -2.19. The number of carbonyl (C=O) groups excluding carboxylic acids is 1. The number of nitrogens with one attached hydrogen (secondary N) is 2. The fourth-order valence-electron chi connectivity index (χ4n) is 1.73. The third-order valence-corrected chi connectivity index (χ3v) is 2.67. The van der Waals surface area contributed by atoms with E-state index in [0.717, 1.165) is 5.69 Å². The van der Waals surface area contributed by atoms with Crippen LogP contribution in [0.5, 0.6) is 0 Å². The number of rotatable bonds is 5. The number of alkyl carbamates (subject to hydrolysis) is 1. The summed E-state index contributed by atoms with van der Waals surface area (Å²) < 4.78 is 5.11. The van der Waals surface area contributed by atoms with Crippen molar-refractivity contribution in [1.29, 1.82) is 0 Å². The predicted molar refractivity (Wildman–Crippen MR) is 80.9 cm³/mol. The smallest absolute Gasteiger partial charge is 0.407 e. The molecule has 6 nitrogen and oxygen atoms in total. The molecule has 0 aliphatic carbocycles. The highest BCUT2D eigenvalue weighted by Crippen LogP contribution is 2.18. The fraction of sp³-hybridized carbons (Fsp3) is 0.467. The van der Waals surface area contributed by atoms with Gasteiger partial charge >= 0.3 is 12.1 Å². The van der Waals surface area contributed by atoms with Gasteiger partial charge in [0.05, 0.1) is 5.56 Å². The van der Waals surface area contributed by atoms with E-state index in [0.29, 0.717) is 18.7 Å². The number of benzene rings is 1. The van der Waals surface area contributed by atoms with E-state index in [1.54, 1.807) is 45.9 Å². The monoisotopic (exact) mass is 294 g/mol. The van der Waals surface area contributed by atoms with Gasteiger partial charge in [0.2, 0.25) is 0 Å². The summed E-state index contributed by atoms with van der Waals surface area (Å²) in [6.07, 6.45) is -0.472. The molecule has 0 aliphatic rings.